The number of rotatable bonds is 6. The molecule has 0 aliphatic heterocycles. The molecule has 1 N–H and O–H groups in total. The van der Waals surface area contributed by atoms with Gasteiger partial charge < -0.3 is 9.84 Å². The molecule has 0 saturated heterocycles. The van der Waals surface area contributed by atoms with Crippen molar-refractivity contribution in [3.8, 4) is 0 Å². The second-order valence-electron chi connectivity index (χ2n) is 5.62. The summed E-state index contributed by atoms with van der Waals surface area (Å²) in [6.45, 7) is 3.76. The Morgan fingerprint density at radius 1 is 0.957 bits per heavy atom. The minimum absolute atomic E-state index is 0.297. The average Bonchev–Trinajstić information content (AvgIpc) is 2.59. The van der Waals surface area contributed by atoms with Crippen LogP contribution in [0.2, 0.25) is 0 Å². The quantitative estimate of drug-likeness (QED) is 0.657. The molecule has 2 aromatic rings. The SMILES string of the molecule is CC(C)c1ccc(C(=O)COC(=O)[C@H](O)c2ccccc2)cc1. The van der Waals surface area contributed by atoms with Crippen LogP contribution in [0, 0.1) is 0 Å². The summed E-state index contributed by atoms with van der Waals surface area (Å²) >= 11 is 0. The first-order valence-electron chi connectivity index (χ1n) is 7.52. The molecule has 4 heteroatoms. The van der Waals surface area contributed by atoms with Crippen molar-refractivity contribution in [1.82, 2.24) is 0 Å². The first kappa shape index (κ1) is 16.9. The molecule has 2 rings (SSSR count). The third-order valence-corrected chi connectivity index (χ3v) is 3.58. The molecule has 0 radical (unpaired) electrons. The molecule has 0 spiro atoms. The molecule has 23 heavy (non-hydrogen) atoms. The molecule has 0 aliphatic carbocycles. The van der Waals surface area contributed by atoms with Gasteiger partial charge in [0.1, 0.15) is 0 Å². The predicted molar refractivity (Wildman–Crippen MR) is 87.2 cm³/mol. The van der Waals surface area contributed by atoms with Crippen LogP contribution in [0.1, 0.15) is 47.4 Å². The molecule has 0 fully saturated rings. The van der Waals surface area contributed by atoms with E-state index in [-0.39, 0.29) is 12.4 Å². The number of ketones is 1. The fraction of sp³-hybridized carbons (Fsp3) is 0.263. The van der Waals surface area contributed by atoms with Gasteiger partial charge in [-0.25, -0.2) is 4.79 Å². The molecular formula is C19H20O4. The van der Waals surface area contributed by atoms with Gasteiger partial charge in [0.15, 0.2) is 18.5 Å². The van der Waals surface area contributed by atoms with Crippen LogP contribution in [-0.2, 0) is 9.53 Å². The van der Waals surface area contributed by atoms with E-state index in [9.17, 15) is 14.7 Å². The van der Waals surface area contributed by atoms with E-state index >= 15 is 0 Å². The van der Waals surface area contributed by atoms with Gasteiger partial charge in [-0.15, -0.1) is 0 Å². The van der Waals surface area contributed by atoms with Crippen molar-refractivity contribution >= 4 is 11.8 Å². The highest BCUT2D eigenvalue weighted by Crippen LogP contribution is 2.16. The third kappa shape index (κ3) is 4.50. The molecule has 0 bridgehead atoms. The van der Waals surface area contributed by atoms with Gasteiger partial charge in [0.2, 0.25) is 0 Å². The zero-order valence-corrected chi connectivity index (χ0v) is 13.2. The maximum Gasteiger partial charge on any atom is 0.340 e. The number of aliphatic hydroxyl groups excluding tert-OH is 1. The number of esters is 1. The van der Waals surface area contributed by atoms with Crippen LogP contribution in [0.4, 0.5) is 0 Å². The molecule has 1 atom stereocenters. The Hall–Kier alpha value is -2.46. The number of benzene rings is 2. The maximum atomic E-state index is 12.0. The summed E-state index contributed by atoms with van der Waals surface area (Å²) in [6.07, 6.45) is -1.38. The summed E-state index contributed by atoms with van der Waals surface area (Å²) in [5, 5.41) is 9.88. The molecule has 120 valence electrons. The first-order valence-corrected chi connectivity index (χ1v) is 7.52. The predicted octanol–water partition coefficient (Wildman–Crippen LogP) is 3.27. The van der Waals surface area contributed by atoms with E-state index in [0.717, 1.165) is 5.56 Å². The number of hydrogen-bond acceptors (Lipinski definition) is 4. The Morgan fingerprint density at radius 3 is 2.13 bits per heavy atom. The lowest BCUT2D eigenvalue weighted by molar-refractivity contribution is -0.152. The smallest absolute Gasteiger partial charge is 0.340 e. The molecule has 0 aromatic heterocycles. The standard InChI is InChI=1S/C19H20O4/c1-13(2)14-8-10-15(11-9-14)17(20)12-23-19(22)18(21)16-6-4-3-5-7-16/h3-11,13,18,21H,12H2,1-2H3/t18-/m1/s1. The van der Waals surface area contributed by atoms with E-state index in [2.05, 4.69) is 13.8 Å². The molecular weight excluding hydrogens is 292 g/mol. The van der Waals surface area contributed by atoms with Crippen molar-refractivity contribution in [3.63, 3.8) is 0 Å². The zero-order chi connectivity index (χ0) is 16.8. The van der Waals surface area contributed by atoms with Crippen molar-refractivity contribution in [1.29, 1.82) is 0 Å². The highest BCUT2D eigenvalue weighted by Gasteiger charge is 2.20. The van der Waals surface area contributed by atoms with Gasteiger partial charge in [0.25, 0.3) is 0 Å². The van der Waals surface area contributed by atoms with E-state index < -0.39 is 12.1 Å². The van der Waals surface area contributed by atoms with Gasteiger partial charge >= 0.3 is 5.97 Å². The second-order valence-corrected chi connectivity index (χ2v) is 5.62. The number of aliphatic hydroxyl groups is 1. The van der Waals surface area contributed by atoms with Gasteiger partial charge in [-0.05, 0) is 17.0 Å². The van der Waals surface area contributed by atoms with Gasteiger partial charge in [0, 0.05) is 5.56 Å². The summed E-state index contributed by atoms with van der Waals surface area (Å²) in [5.74, 6) is -0.740. The van der Waals surface area contributed by atoms with E-state index in [1.165, 1.54) is 0 Å². The van der Waals surface area contributed by atoms with Crippen LogP contribution < -0.4 is 0 Å². The lowest BCUT2D eigenvalue weighted by Crippen LogP contribution is -2.20. The summed E-state index contributed by atoms with van der Waals surface area (Å²) < 4.78 is 4.91. The van der Waals surface area contributed by atoms with E-state index in [1.54, 1.807) is 42.5 Å². The van der Waals surface area contributed by atoms with Crippen molar-refractivity contribution in [2.75, 3.05) is 6.61 Å². The minimum Gasteiger partial charge on any atom is -0.455 e. The van der Waals surface area contributed by atoms with E-state index in [0.29, 0.717) is 17.0 Å². The highest BCUT2D eigenvalue weighted by molar-refractivity contribution is 5.98. The van der Waals surface area contributed by atoms with Crippen LogP contribution in [0.15, 0.2) is 54.6 Å². The highest BCUT2D eigenvalue weighted by atomic mass is 16.5. The number of carbonyl (C=O) groups is 2. The third-order valence-electron chi connectivity index (χ3n) is 3.58. The molecule has 2 aromatic carbocycles. The van der Waals surface area contributed by atoms with Gasteiger partial charge in [-0.3, -0.25) is 4.79 Å². The van der Waals surface area contributed by atoms with Crippen LogP contribution in [0.5, 0.6) is 0 Å². The van der Waals surface area contributed by atoms with Crippen LogP contribution in [-0.4, -0.2) is 23.5 Å². The second kappa shape index (κ2) is 7.70. The topological polar surface area (TPSA) is 63.6 Å². The summed E-state index contributed by atoms with van der Waals surface area (Å²) in [6, 6.07) is 15.7. The maximum absolute atomic E-state index is 12.0. The Bertz CT molecular complexity index is 660. The summed E-state index contributed by atoms with van der Waals surface area (Å²) in [4.78, 5) is 23.8. The number of Topliss-reactive ketones (excluding diaryl/α,β-unsaturated/α-hetero) is 1. The van der Waals surface area contributed by atoms with Crippen molar-refractivity contribution in [2.24, 2.45) is 0 Å². The van der Waals surface area contributed by atoms with Gasteiger partial charge in [0.05, 0.1) is 0 Å². The average molecular weight is 312 g/mol. The summed E-state index contributed by atoms with van der Waals surface area (Å²) in [5.41, 5.74) is 2.06. The molecule has 0 saturated carbocycles. The number of hydrogen-bond donors (Lipinski definition) is 1. The molecule has 0 unspecified atom stereocenters. The first-order chi connectivity index (χ1) is 11.0. The van der Waals surface area contributed by atoms with Crippen LogP contribution in [0.25, 0.3) is 0 Å². The molecule has 0 aliphatic rings. The summed E-state index contributed by atoms with van der Waals surface area (Å²) in [7, 11) is 0. The Balaban J connectivity index is 1.92. The van der Waals surface area contributed by atoms with Crippen molar-refractivity contribution in [2.45, 2.75) is 25.9 Å². The monoisotopic (exact) mass is 312 g/mol. The zero-order valence-electron chi connectivity index (χ0n) is 13.2. The molecule has 0 amide bonds. The fourth-order valence-corrected chi connectivity index (χ4v) is 2.12. The van der Waals surface area contributed by atoms with Crippen LogP contribution in [0.3, 0.4) is 0 Å². The van der Waals surface area contributed by atoms with E-state index in [1.807, 2.05) is 12.1 Å². The van der Waals surface area contributed by atoms with Crippen molar-refractivity contribution in [3.05, 3.63) is 71.3 Å². The normalized spacial score (nSPS) is 12.0. The Kier molecular flexibility index (Phi) is 5.66. The Labute approximate surface area is 135 Å². The largest absolute Gasteiger partial charge is 0.455 e. The number of carbonyl (C=O) groups excluding carboxylic acids is 2. The Morgan fingerprint density at radius 2 is 1.57 bits per heavy atom. The van der Waals surface area contributed by atoms with Crippen LogP contribution >= 0.6 is 0 Å². The van der Waals surface area contributed by atoms with E-state index in [4.69, 9.17) is 4.74 Å². The lowest BCUT2D eigenvalue weighted by Gasteiger charge is -2.11. The van der Waals surface area contributed by atoms with Gasteiger partial charge in [-0.1, -0.05) is 68.4 Å². The minimum atomic E-state index is -1.38. The number of ether oxygens (including phenoxy) is 1. The fourth-order valence-electron chi connectivity index (χ4n) is 2.12. The molecule has 4 nitrogen and oxygen atoms in total. The molecule has 0 heterocycles. The van der Waals surface area contributed by atoms with Crippen molar-refractivity contribution < 1.29 is 19.4 Å². The van der Waals surface area contributed by atoms with Gasteiger partial charge in [-0.2, -0.15) is 0 Å². The lowest BCUT2D eigenvalue weighted by atomic mass is 10.0.